The normalized spacial score (nSPS) is 19.5. The fourth-order valence-corrected chi connectivity index (χ4v) is 5.35. The molecule has 0 aliphatic carbocycles. The molecule has 0 amide bonds. The zero-order valence-electron chi connectivity index (χ0n) is 19.2. The number of aromatic hydroxyl groups is 1. The van der Waals surface area contributed by atoms with E-state index in [0.717, 1.165) is 36.7 Å². The van der Waals surface area contributed by atoms with Crippen LogP contribution in [0.4, 0.5) is 10.2 Å². The van der Waals surface area contributed by atoms with Gasteiger partial charge in [-0.2, -0.15) is 9.97 Å². The van der Waals surface area contributed by atoms with Gasteiger partial charge in [0, 0.05) is 49.2 Å². The highest BCUT2D eigenvalue weighted by molar-refractivity contribution is 6.01. The van der Waals surface area contributed by atoms with E-state index in [1.165, 1.54) is 0 Å². The lowest BCUT2D eigenvalue weighted by atomic mass is 9.96. The number of halogens is 1. The fourth-order valence-electron chi connectivity index (χ4n) is 5.35. The Bertz CT molecular complexity index is 1400. The van der Waals surface area contributed by atoms with Crippen LogP contribution in [0.15, 0.2) is 48.5 Å². The number of piperazine rings is 1. The van der Waals surface area contributed by atoms with E-state index >= 15 is 4.39 Å². The first-order chi connectivity index (χ1) is 17.1. The molecule has 0 radical (unpaired) electrons. The summed E-state index contributed by atoms with van der Waals surface area (Å²) in [6, 6.07) is 15.3. The maximum atomic E-state index is 16.2. The molecule has 2 atom stereocenters. The van der Waals surface area contributed by atoms with E-state index in [1.54, 1.807) is 18.2 Å². The Kier molecular flexibility index (Phi) is 5.62. The highest BCUT2D eigenvalue weighted by Gasteiger charge is 2.34. The molecule has 4 aromatic rings. The van der Waals surface area contributed by atoms with Gasteiger partial charge in [-0.1, -0.05) is 30.3 Å². The van der Waals surface area contributed by atoms with E-state index in [-0.39, 0.29) is 30.5 Å². The number of nitrogens with one attached hydrogen (secondary N) is 1. The molecule has 2 aliphatic heterocycles. The molecule has 35 heavy (non-hydrogen) atoms. The van der Waals surface area contributed by atoms with Crippen LogP contribution in [0.2, 0.25) is 0 Å². The first kappa shape index (κ1) is 22.0. The number of nitrogens with zero attached hydrogens (tertiary/aromatic N) is 3. The predicted octanol–water partition coefficient (Wildman–Crippen LogP) is 4.00. The lowest BCUT2D eigenvalue weighted by Crippen LogP contribution is -2.51. The summed E-state index contributed by atoms with van der Waals surface area (Å²) in [5, 5.41) is 25.4. The molecule has 1 aromatic heterocycles. The monoisotopic (exact) mass is 474 g/mol. The van der Waals surface area contributed by atoms with Gasteiger partial charge in [0.1, 0.15) is 17.1 Å². The number of aliphatic hydroxyl groups is 1. The van der Waals surface area contributed by atoms with Gasteiger partial charge >= 0.3 is 6.01 Å². The number of anilines is 1. The summed E-state index contributed by atoms with van der Waals surface area (Å²) in [5.41, 5.74) is 1.14. The average molecular weight is 475 g/mol. The lowest BCUT2D eigenvalue weighted by Gasteiger charge is -2.34. The highest BCUT2D eigenvalue weighted by Crippen LogP contribution is 2.38. The first-order valence-corrected chi connectivity index (χ1v) is 12.1. The topological polar surface area (TPSA) is 90.7 Å². The first-order valence-electron chi connectivity index (χ1n) is 12.1. The Morgan fingerprint density at radius 2 is 1.80 bits per heavy atom. The van der Waals surface area contributed by atoms with E-state index in [4.69, 9.17) is 9.84 Å². The summed E-state index contributed by atoms with van der Waals surface area (Å²) in [6.45, 7) is 1.82. The van der Waals surface area contributed by atoms with Gasteiger partial charge in [0.05, 0.1) is 6.61 Å². The van der Waals surface area contributed by atoms with Gasteiger partial charge in [0.25, 0.3) is 0 Å². The van der Waals surface area contributed by atoms with E-state index < -0.39 is 5.82 Å². The summed E-state index contributed by atoms with van der Waals surface area (Å²) in [6.07, 6.45) is 2.67. The second kappa shape index (κ2) is 8.94. The number of benzene rings is 3. The number of phenols is 1. The van der Waals surface area contributed by atoms with Crippen molar-refractivity contribution in [3.63, 3.8) is 0 Å². The molecule has 2 aliphatic rings. The van der Waals surface area contributed by atoms with Gasteiger partial charge in [0.2, 0.25) is 0 Å². The lowest BCUT2D eigenvalue weighted by molar-refractivity contribution is 0.224. The number of hydrogen-bond acceptors (Lipinski definition) is 7. The molecule has 2 saturated heterocycles. The van der Waals surface area contributed by atoms with Crippen LogP contribution in [0, 0.1) is 5.82 Å². The van der Waals surface area contributed by atoms with Gasteiger partial charge in [-0.15, -0.1) is 0 Å². The maximum Gasteiger partial charge on any atom is 0.319 e. The second-order valence-corrected chi connectivity index (χ2v) is 9.34. The minimum Gasteiger partial charge on any atom is -0.508 e. The number of rotatable bonds is 6. The smallest absolute Gasteiger partial charge is 0.319 e. The summed E-state index contributed by atoms with van der Waals surface area (Å²) >= 11 is 0. The Morgan fingerprint density at radius 3 is 2.60 bits per heavy atom. The molecule has 3 aromatic carbocycles. The Balaban J connectivity index is 1.52. The van der Waals surface area contributed by atoms with Gasteiger partial charge in [-0.25, -0.2) is 4.39 Å². The third kappa shape index (κ3) is 4.02. The maximum absolute atomic E-state index is 16.2. The molecule has 6 rings (SSSR count). The zero-order chi connectivity index (χ0) is 23.9. The van der Waals surface area contributed by atoms with E-state index in [2.05, 4.69) is 20.2 Å². The number of ether oxygens (including phenoxy) is 1. The van der Waals surface area contributed by atoms with Crippen LogP contribution >= 0.6 is 0 Å². The van der Waals surface area contributed by atoms with Crippen molar-refractivity contribution in [3.8, 4) is 22.9 Å². The van der Waals surface area contributed by atoms with E-state index in [0.29, 0.717) is 40.8 Å². The van der Waals surface area contributed by atoms with Crippen LogP contribution in [0.1, 0.15) is 19.3 Å². The summed E-state index contributed by atoms with van der Waals surface area (Å²) in [4.78, 5) is 11.3. The molecule has 3 N–H and O–H groups in total. The molecule has 180 valence electrons. The molecule has 0 spiro atoms. The van der Waals surface area contributed by atoms with Crippen molar-refractivity contribution in [3.05, 3.63) is 54.3 Å². The minimum absolute atomic E-state index is 0.00925. The Hall–Kier alpha value is -3.49. The molecule has 2 fully saturated rings. The van der Waals surface area contributed by atoms with Crippen molar-refractivity contribution in [1.82, 2.24) is 15.3 Å². The largest absolute Gasteiger partial charge is 0.508 e. The van der Waals surface area contributed by atoms with Crippen LogP contribution in [-0.2, 0) is 0 Å². The molecular formula is C27H27FN4O3. The fraction of sp³-hybridized carbons (Fsp3) is 0.333. The van der Waals surface area contributed by atoms with Crippen LogP contribution in [0.25, 0.3) is 32.8 Å². The zero-order valence-corrected chi connectivity index (χ0v) is 19.2. The molecule has 8 heteroatoms. The third-order valence-electron chi connectivity index (χ3n) is 6.95. The van der Waals surface area contributed by atoms with Crippen molar-refractivity contribution in [1.29, 1.82) is 0 Å². The van der Waals surface area contributed by atoms with Crippen LogP contribution in [-0.4, -0.2) is 58.6 Å². The van der Waals surface area contributed by atoms with Crippen molar-refractivity contribution >= 4 is 27.5 Å². The van der Waals surface area contributed by atoms with Gasteiger partial charge in [-0.3, -0.25) is 0 Å². The molecular weight excluding hydrogens is 447 g/mol. The van der Waals surface area contributed by atoms with E-state index in [1.807, 2.05) is 30.3 Å². The van der Waals surface area contributed by atoms with Crippen LogP contribution in [0.5, 0.6) is 11.8 Å². The third-order valence-corrected chi connectivity index (χ3v) is 6.95. The highest BCUT2D eigenvalue weighted by atomic mass is 19.1. The number of phenolic OH excluding ortho intramolecular Hbond substituents is 1. The van der Waals surface area contributed by atoms with Crippen LogP contribution < -0.4 is 15.0 Å². The number of aromatic nitrogens is 2. The average Bonchev–Trinajstić information content (AvgIpc) is 3.21. The molecule has 3 heterocycles. The van der Waals surface area contributed by atoms with Crippen molar-refractivity contribution in [2.24, 2.45) is 0 Å². The number of aliphatic hydroxyl groups excluding tert-OH is 1. The summed E-state index contributed by atoms with van der Waals surface area (Å²) in [7, 11) is 0. The summed E-state index contributed by atoms with van der Waals surface area (Å²) in [5.74, 6) is 0.261. The van der Waals surface area contributed by atoms with Crippen LogP contribution in [0.3, 0.4) is 0 Å². The Labute approximate surface area is 202 Å². The molecule has 2 unspecified atom stereocenters. The predicted molar refractivity (Wildman–Crippen MR) is 133 cm³/mol. The van der Waals surface area contributed by atoms with Crippen molar-refractivity contribution in [2.75, 3.05) is 31.2 Å². The van der Waals surface area contributed by atoms with Crippen molar-refractivity contribution < 1.29 is 19.3 Å². The molecule has 2 bridgehead atoms. The molecule has 0 saturated carbocycles. The quantitative estimate of drug-likeness (QED) is 0.364. The standard InChI is InChI=1S/C27H27FN4O3/c28-24-21(23-13-19(34)12-16-4-1-2-5-20(16)23)8-9-22-25(24)30-27(35-11-3-10-33)31-26(22)32-14-17-6-7-18(15-32)29-17/h1-2,4-5,8-9,12-13,17-18,29,33-34H,3,6-7,10-11,14-15H2. The summed E-state index contributed by atoms with van der Waals surface area (Å²) < 4.78 is 21.9. The Morgan fingerprint density at radius 1 is 1.00 bits per heavy atom. The molecule has 7 nitrogen and oxygen atoms in total. The van der Waals surface area contributed by atoms with Crippen molar-refractivity contribution in [2.45, 2.75) is 31.3 Å². The number of fused-ring (bicyclic) bond motifs is 4. The van der Waals surface area contributed by atoms with Gasteiger partial charge in [-0.05, 0) is 47.4 Å². The number of hydrogen-bond donors (Lipinski definition) is 3. The SMILES string of the molecule is OCCCOc1nc(N2CC3CCC(C2)N3)c2ccc(-c3cc(O)cc4ccccc34)c(F)c2n1. The van der Waals surface area contributed by atoms with Gasteiger partial charge < -0.3 is 25.2 Å². The minimum atomic E-state index is -0.480. The van der Waals surface area contributed by atoms with E-state index in [9.17, 15) is 5.11 Å². The second-order valence-electron chi connectivity index (χ2n) is 9.34. The van der Waals surface area contributed by atoms with Gasteiger partial charge in [0.15, 0.2) is 5.82 Å².